The maximum Gasteiger partial charge on any atom is 0.270 e. The zero-order valence-electron chi connectivity index (χ0n) is 19.1. The van der Waals surface area contributed by atoms with Crippen LogP contribution in [0.1, 0.15) is 17.2 Å². The number of ether oxygens (including phenoxy) is 1. The molecule has 0 heterocycles. The van der Waals surface area contributed by atoms with Gasteiger partial charge in [0.05, 0.1) is 4.90 Å². The molecule has 182 valence electrons. The Labute approximate surface area is 209 Å². The van der Waals surface area contributed by atoms with Crippen LogP contribution in [0.2, 0.25) is 0 Å². The van der Waals surface area contributed by atoms with Gasteiger partial charge >= 0.3 is 0 Å². The molecule has 36 heavy (non-hydrogen) atoms. The fourth-order valence-corrected chi connectivity index (χ4v) is 4.17. The first-order valence-electron chi connectivity index (χ1n) is 10.9. The molecule has 0 aliphatic carbocycles. The fourth-order valence-electron chi connectivity index (χ4n) is 3.61. The first-order valence-corrected chi connectivity index (χ1v) is 12.5. The summed E-state index contributed by atoms with van der Waals surface area (Å²) < 4.78 is 29.5. The van der Waals surface area contributed by atoms with Crippen LogP contribution in [0, 0.1) is 5.41 Å². The van der Waals surface area contributed by atoms with E-state index in [4.69, 9.17) is 21.0 Å². The van der Waals surface area contributed by atoms with Gasteiger partial charge in [0.15, 0.2) is 0 Å². The monoisotopic (exact) mass is 500 g/mol. The minimum Gasteiger partial charge on any atom is -0.476 e. The highest BCUT2D eigenvalue weighted by atomic mass is 32.2. The van der Waals surface area contributed by atoms with Crippen LogP contribution < -0.4 is 20.9 Å². The summed E-state index contributed by atoms with van der Waals surface area (Å²) in [5.41, 5.74) is 8.54. The van der Waals surface area contributed by atoms with Gasteiger partial charge in [0.25, 0.3) is 5.91 Å². The molecule has 0 saturated heterocycles. The lowest BCUT2D eigenvalue weighted by atomic mass is 10.0. The van der Waals surface area contributed by atoms with Crippen molar-refractivity contribution in [2.24, 2.45) is 10.9 Å². The molecule has 9 heteroatoms. The van der Waals surface area contributed by atoms with Crippen molar-refractivity contribution in [3.05, 3.63) is 114 Å². The van der Waals surface area contributed by atoms with Crippen molar-refractivity contribution >= 4 is 27.5 Å². The van der Waals surface area contributed by atoms with Gasteiger partial charge in [-0.2, -0.15) is 0 Å². The molecule has 0 spiro atoms. The third kappa shape index (κ3) is 5.96. The number of sulfonamides is 1. The van der Waals surface area contributed by atoms with E-state index >= 15 is 0 Å². The Morgan fingerprint density at radius 2 is 1.50 bits per heavy atom. The zero-order valence-corrected chi connectivity index (χ0v) is 19.9. The van der Waals surface area contributed by atoms with E-state index in [-0.39, 0.29) is 10.7 Å². The van der Waals surface area contributed by atoms with Crippen molar-refractivity contribution in [2.75, 3.05) is 5.32 Å². The number of nitrogen functional groups attached to an aromatic ring is 1. The van der Waals surface area contributed by atoms with Crippen LogP contribution in [-0.4, -0.2) is 20.2 Å². The first-order chi connectivity index (χ1) is 17.2. The van der Waals surface area contributed by atoms with E-state index in [0.29, 0.717) is 33.7 Å². The lowest BCUT2D eigenvalue weighted by Crippen LogP contribution is -2.25. The second-order valence-electron chi connectivity index (χ2n) is 7.99. The van der Waals surface area contributed by atoms with Crippen LogP contribution in [0.15, 0.2) is 108 Å². The number of primary sulfonamides is 1. The molecular formula is C27H24N4O4S. The molecule has 1 unspecified atom stereocenters. The molecule has 0 bridgehead atoms. The highest BCUT2D eigenvalue weighted by Crippen LogP contribution is 2.27. The van der Waals surface area contributed by atoms with Crippen molar-refractivity contribution in [2.45, 2.75) is 11.0 Å². The largest absolute Gasteiger partial charge is 0.476 e. The quantitative estimate of drug-likeness (QED) is 0.213. The summed E-state index contributed by atoms with van der Waals surface area (Å²) in [5, 5.41) is 15.8. The van der Waals surface area contributed by atoms with Crippen molar-refractivity contribution in [3.8, 4) is 16.9 Å². The SMILES string of the molecule is N=C(N)c1cccc(OC(C(=O)Nc2cccc(-c3cccc(S(N)(=O)=O)c3)c2)c2ccccc2)c1. The van der Waals surface area contributed by atoms with Crippen LogP contribution in [0.4, 0.5) is 5.69 Å². The summed E-state index contributed by atoms with van der Waals surface area (Å²) >= 11 is 0. The van der Waals surface area contributed by atoms with E-state index < -0.39 is 22.0 Å². The minimum atomic E-state index is -3.85. The normalized spacial score (nSPS) is 11.9. The molecule has 0 aliphatic heterocycles. The van der Waals surface area contributed by atoms with Gasteiger partial charge in [-0.3, -0.25) is 10.2 Å². The Morgan fingerprint density at radius 3 is 2.19 bits per heavy atom. The molecule has 1 amide bonds. The van der Waals surface area contributed by atoms with Crippen LogP contribution in [0.5, 0.6) is 5.75 Å². The Morgan fingerprint density at radius 1 is 0.833 bits per heavy atom. The number of anilines is 1. The molecule has 4 aromatic carbocycles. The Balaban J connectivity index is 1.62. The average Bonchev–Trinajstić information content (AvgIpc) is 2.87. The second kappa shape index (κ2) is 10.4. The predicted molar refractivity (Wildman–Crippen MR) is 139 cm³/mol. The number of carbonyl (C=O) groups excluding carboxylic acids is 1. The summed E-state index contributed by atoms with van der Waals surface area (Å²) in [4.78, 5) is 13.4. The minimum absolute atomic E-state index is 0.000212. The maximum absolute atomic E-state index is 13.4. The Kier molecular flexibility index (Phi) is 7.14. The van der Waals surface area contributed by atoms with Gasteiger partial charge in [-0.1, -0.05) is 66.7 Å². The standard InChI is InChI=1S/C27H24N4O4S/c28-26(29)21-11-5-13-23(16-21)35-25(18-7-2-1-3-8-18)27(32)31-22-12-4-9-19(15-22)20-10-6-14-24(17-20)36(30,33)34/h1-17,25H,(H3,28,29)(H,31,32)(H2,30,33,34). The summed E-state index contributed by atoms with van der Waals surface area (Å²) in [6, 6.07) is 29.0. The summed E-state index contributed by atoms with van der Waals surface area (Å²) in [6.07, 6.45) is -0.984. The molecule has 8 nitrogen and oxygen atoms in total. The number of nitrogens with two attached hydrogens (primary N) is 2. The van der Waals surface area contributed by atoms with Crippen molar-refractivity contribution in [3.63, 3.8) is 0 Å². The van der Waals surface area contributed by atoms with Crippen LogP contribution in [0.3, 0.4) is 0 Å². The lowest BCUT2D eigenvalue weighted by Gasteiger charge is -2.20. The van der Waals surface area contributed by atoms with Crippen LogP contribution in [0.25, 0.3) is 11.1 Å². The summed E-state index contributed by atoms with van der Waals surface area (Å²) in [5.74, 6) is -0.130. The van der Waals surface area contributed by atoms with Crippen molar-refractivity contribution in [1.82, 2.24) is 0 Å². The Hall–Kier alpha value is -4.47. The topological polar surface area (TPSA) is 148 Å². The van der Waals surface area contributed by atoms with Crippen LogP contribution in [-0.2, 0) is 14.8 Å². The lowest BCUT2D eigenvalue weighted by molar-refractivity contribution is -0.123. The fraction of sp³-hybridized carbons (Fsp3) is 0.0370. The molecule has 4 rings (SSSR count). The molecule has 0 aliphatic rings. The van der Waals surface area contributed by atoms with E-state index in [0.717, 1.165) is 0 Å². The number of nitrogens with one attached hydrogen (secondary N) is 2. The number of carbonyl (C=O) groups is 1. The summed E-state index contributed by atoms with van der Waals surface area (Å²) in [6.45, 7) is 0. The molecule has 0 radical (unpaired) electrons. The summed E-state index contributed by atoms with van der Waals surface area (Å²) in [7, 11) is -3.85. The first kappa shape index (κ1) is 24.6. The van der Waals surface area contributed by atoms with Crippen molar-refractivity contribution in [1.29, 1.82) is 5.41 Å². The number of rotatable bonds is 8. The Bertz CT molecular complexity index is 1520. The van der Waals surface area contributed by atoms with E-state index in [1.165, 1.54) is 12.1 Å². The second-order valence-corrected chi connectivity index (χ2v) is 9.55. The number of amidine groups is 1. The van der Waals surface area contributed by atoms with Crippen LogP contribution >= 0.6 is 0 Å². The van der Waals surface area contributed by atoms with Gasteiger partial charge in [-0.15, -0.1) is 0 Å². The third-order valence-electron chi connectivity index (χ3n) is 5.37. The van der Waals surface area contributed by atoms with E-state index in [9.17, 15) is 13.2 Å². The van der Waals surface area contributed by atoms with E-state index in [2.05, 4.69) is 5.32 Å². The third-order valence-corrected chi connectivity index (χ3v) is 6.28. The van der Waals surface area contributed by atoms with Gasteiger partial charge in [-0.25, -0.2) is 13.6 Å². The van der Waals surface area contributed by atoms with Crippen molar-refractivity contribution < 1.29 is 17.9 Å². The van der Waals surface area contributed by atoms with E-state index in [1.54, 1.807) is 72.8 Å². The molecule has 0 saturated carbocycles. The smallest absolute Gasteiger partial charge is 0.270 e. The van der Waals surface area contributed by atoms with E-state index in [1.807, 2.05) is 18.2 Å². The molecular weight excluding hydrogens is 476 g/mol. The zero-order chi connectivity index (χ0) is 25.7. The number of benzene rings is 4. The number of hydrogen-bond acceptors (Lipinski definition) is 5. The number of amides is 1. The molecule has 4 aromatic rings. The highest BCUT2D eigenvalue weighted by Gasteiger charge is 2.23. The van der Waals surface area contributed by atoms with Gasteiger partial charge in [0, 0.05) is 16.8 Å². The van der Waals surface area contributed by atoms with Gasteiger partial charge < -0.3 is 15.8 Å². The van der Waals surface area contributed by atoms with Gasteiger partial charge in [0.1, 0.15) is 11.6 Å². The molecule has 0 aromatic heterocycles. The molecule has 6 N–H and O–H groups in total. The maximum atomic E-state index is 13.4. The highest BCUT2D eigenvalue weighted by molar-refractivity contribution is 7.89. The number of hydrogen-bond donors (Lipinski definition) is 4. The van der Waals surface area contributed by atoms with Gasteiger partial charge in [0.2, 0.25) is 16.1 Å². The van der Waals surface area contributed by atoms with Gasteiger partial charge in [-0.05, 0) is 47.5 Å². The average molecular weight is 501 g/mol. The molecule has 1 atom stereocenters. The molecule has 0 fully saturated rings. The predicted octanol–water partition coefficient (Wildman–Crippen LogP) is 4.04.